The first-order valence-electron chi connectivity index (χ1n) is 8.12. The molecule has 1 aromatic carbocycles. The summed E-state index contributed by atoms with van der Waals surface area (Å²) in [4.78, 5) is 38.2. The van der Waals surface area contributed by atoms with Gasteiger partial charge < -0.3 is 21.3 Å². The normalized spacial score (nSPS) is 19.5. The monoisotopic (exact) mass is 332 g/mol. The van der Waals surface area contributed by atoms with Gasteiger partial charge in [0.1, 0.15) is 12.1 Å². The quantitative estimate of drug-likeness (QED) is 0.729. The van der Waals surface area contributed by atoms with Crippen LogP contribution in [0.25, 0.3) is 0 Å². The number of hydrogen-bond acceptors (Lipinski definition) is 4. The molecule has 1 aliphatic heterocycles. The third-order valence-electron chi connectivity index (χ3n) is 4.02. The Hall–Kier alpha value is -2.41. The zero-order valence-electron chi connectivity index (χ0n) is 14.0. The van der Waals surface area contributed by atoms with E-state index in [1.165, 1.54) is 4.90 Å². The van der Waals surface area contributed by atoms with Gasteiger partial charge in [-0.25, -0.2) is 0 Å². The van der Waals surface area contributed by atoms with Crippen LogP contribution >= 0.6 is 0 Å². The molecule has 7 heteroatoms. The number of amides is 3. The van der Waals surface area contributed by atoms with E-state index in [1.54, 1.807) is 26.0 Å². The topological polar surface area (TPSA) is 105 Å². The fourth-order valence-electron chi connectivity index (χ4n) is 2.71. The average Bonchev–Trinajstić information content (AvgIpc) is 3.04. The highest BCUT2D eigenvalue weighted by Crippen LogP contribution is 2.20. The Bertz CT molecular complexity index is 603. The maximum absolute atomic E-state index is 12.6. The van der Waals surface area contributed by atoms with Gasteiger partial charge in [0, 0.05) is 12.2 Å². The molecule has 0 spiro atoms. The molecular formula is C17H24N4O3. The Kier molecular flexibility index (Phi) is 5.92. The lowest BCUT2D eigenvalue weighted by Crippen LogP contribution is -2.53. The van der Waals surface area contributed by atoms with Crippen molar-refractivity contribution in [3.8, 4) is 0 Å². The van der Waals surface area contributed by atoms with E-state index in [1.807, 2.05) is 18.2 Å². The van der Waals surface area contributed by atoms with Gasteiger partial charge in [0.25, 0.3) is 0 Å². The van der Waals surface area contributed by atoms with Crippen LogP contribution in [0.2, 0.25) is 0 Å². The average molecular weight is 332 g/mol. The molecule has 1 heterocycles. The highest BCUT2D eigenvalue weighted by Gasteiger charge is 2.36. The second kappa shape index (κ2) is 7.92. The SMILES string of the molecule is C[C@H](N)C(=O)N[C@@H](C)C(=O)N1CCC[C@H]1C(=O)Nc1ccccc1. The second-order valence-corrected chi connectivity index (χ2v) is 6.06. The molecule has 3 atom stereocenters. The van der Waals surface area contributed by atoms with Crippen LogP contribution in [0, 0.1) is 0 Å². The number of hydrogen-bond donors (Lipinski definition) is 3. The van der Waals surface area contributed by atoms with Crippen molar-refractivity contribution in [1.29, 1.82) is 0 Å². The number of benzene rings is 1. The van der Waals surface area contributed by atoms with Crippen molar-refractivity contribution in [3.63, 3.8) is 0 Å². The number of nitrogens with one attached hydrogen (secondary N) is 2. The summed E-state index contributed by atoms with van der Waals surface area (Å²) in [5, 5.41) is 5.40. The fraction of sp³-hybridized carbons (Fsp3) is 0.471. The van der Waals surface area contributed by atoms with Gasteiger partial charge in [-0.05, 0) is 38.8 Å². The molecule has 0 aromatic heterocycles. The number of likely N-dealkylation sites (tertiary alicyclic amines) is 1. The van der Waals surface area contributed by atoms with Crippen molar-refractivity contribution in [2.24, 2.45) is 5.73 Å². The first-order valence-corrected chi connectivity index (χ1v) is 8.12. The molecular weight excluding hydrogens is 308 g/mol. The second-order valence-electron chi connectivity index (χ2n) is 6.06. The van der Waals surface area contributed by atoms with Gasteiger partial charge in [-0.2, -0.15) is 0 Å². The van der Waals surface area contributed by atoms with Crippen LogP contribution in [-0.2, 0) is 14.4 Å². The molecule has 0 aliphatic carbocycles. The zero-order valence-corrected chi connectivity index (χ0v) is 14.0. The number of nitrogens with zero attached hydrogens (tertiary/aromatic N) is 1. The summed E-state index contributed by atoms with van der Waals surface area (Å²) in [7, 11) is 0. The van der Waals surface area contributed by atoms with E-state index in [0.717, 1.165) is 6.42 Å². The molecule has 0 saturated carbocycles. The minimum atomic E-state index is -0.714. The van der Waals surface area contributed by atoms with Crippen LogP contribution in [0.15, 0.2) is 30.3 Å². The van der Waals surface area contributed by atoms with Gasteiger partial charge in [-0.3, -0.25) is 14.4 Å². The summed E-state index contributed by atoms with van der Waals surface area (Å²) in [5.74, 6) is -0.868. The first-order chi connectivity index (χ1) is 11.4. The molecule has 2 rings (SSSR count). The molecule has 7 nitrogen and oxygen atoms in total. The van der Waals surface area contributed by atoms with Crippen molar-refractivity contribution in [3.05, 3.63) is 30.3 Å². The number of carbonyl (C=O) groups is 3. The highest BCUT2D eigenvalue weighted by molar-refractivity contribution is 5.98. The molecule has 1 aliphatic rings. The van der Waals surface area contributed by atoms with Gasteiger partial charge >= 0.3 is 0 Å². The summed E-state index contributed by atoms with van der Waals surface area (Å²) >= 11 is 0. The van der Waals surface area contributed by atoms with Crippen LogP contribution in [0.4, 0.5) is 5.69 Å². The molecule has 1 saturated heterocycles. The Balaban J connectivity index is 2.00. The van der Waals surface area contributed by atoms with Crippen molar-refractivity contribution in [1.82, 2.24) is 10.2 Å². The smallest absolute Gasteiger partial charge is 0.247 e. The highest BCUT2D eigenvalue weighted by atomic mass is 16.2. The predicted molar refractivity (Wildman–Crippen MR) is 91.1 cm³/mol. The lowest BCUT2D eigenvalue weighted by molar-refractivity contribution is -0.139. The molecule has 4 N–H and O–H groups in total. The summed E-state index contributed by atoms with van der Waals surface area (Å²) < 4.78 is 0. The predicted octanol–water partition coefficient (Wildman–Crippen LogP) is 0.468. The number of carbonyl (C=O) groups excluding carboxylic acids is 3. The zero-order chi connectivity index (χ0) is 17.7. The molecule has 0 radical (unpaired) electrons. The van der Waals surface area contributed by atoms with E-state index in [4.69, 9.17) is 5.73 Å². The Labute approximate surface area is 141 Å². The van der Waals surface area contributed by atoms with Crippen LogP contribution < -0.4 is 16.4 Å². The van der Waals surface area contributed by atoms with Gasteiger partial charge in [0.2, 0.25) is 17.7 Å². The largest absolute Gasteiger partial charge is 0.343 e. The third-order valence-corrected chi connectivity index (χ3v) is 4.02. The number of rotatable bonds is 5. The Morgan fingerprint density at radius 3 is 2.50 bits per heavy atom. The summed E-state index contributed by atoms with van der Waals surface area (Å²) in [6.45, 7) is 3.66. The molecule has 1 aromatic rings. The lowest BCUT2D eigenvalue weighted by atomic mass is 10.1. The summed E-state index contributed by atoms with van der Waals surface area (Å²) in [6.07, 6.45) is 1.37. The molecule has 3 amide bonds. The van der Waals surface area contributed by atoms with Crippen molar-refractivity contribution >= 4 is 23.4 Å². The van der Waals surface area contributed by atoms with E-state index in [2.05, 4.69) is 10.6 Å². The Morgan fingerprint density at radius 2 is 1.88 bits per heavy atom. The Morgan fingerprint density at radius 1 is 1.21 bits per heavy atom. The van der Waals surface area contributed by atoms with E-state index in [-0.39, 0.29) is 17.7 Å². The van der Waals surface area contributed by atoms with Crippen LogP contribution in [0.3, 0.4) is 0 Å². The van der Waals surface area contributed by atoms with Crippen LogP contribution in [0.1, 0.15) is 26.7 Å². The summed E-state index contributed by atoms with van der Waals surface area (Å²) in [6, 6.07) is 7.20. The molecule has 0 unspecified atom stereocenters. The van der Waals surface area contributed by atoms with E-state index in [9.17, 15) is 14.4 Å². The standard InChI is InChI=1S/C17H24N4O3/c1-11(18)15(22)19-12(2)17(24)21-10-6-9-14(21)16(23)20-13-7-4-3-5-8-13/h3-5,7-8,11-12,14H,6,9-10,18H2,1-2H3,(H,19,22)(H,20,23)/t11-,12-,14-/m0/s1. The van der Waals surface area contributed by atoms with Gasteiger partial charge in [0.15, 0.2) is 0 Å². The number of para-hydroxylation sites is 1. The molecule has 0 bridgehead atoms. The van der Waals surface area contributed by atoms with Gasteiger partial charge in [0.05, 0.1) is 6.04 Å². The van der Waals surface area contributed by atoms with E-state index >= 15 is 0 Å². The van der Waals surface area contributed by atoms with Crippen LogP contribution in [0.5, 0.6) is 0 Å². The minimum Gasteiger partial charge on any atom is -0.343 e. The van der Waals surface area contributed by atoms with Crippen molar-refractivity contribution in [2.45, 2.75) is 44.8 Å². The maximum Gasteiger partial charge on any atom is 0.247 e. The minimum absolute atomic E-state index is 0.210. The third kappa shape index (κ3) is 4.32. The maximum atomic E-state index is 12.6. The van der Waals surface area contributed by atoms with E-state index < -0.39 is 18.1 Å². The number of anilines is 1. The fourth-order valence-corrected chi connectivity index (χ4v) is 2.71. The molecule has 130 valence electrons. The lowest BCUT2D eigenvalue weighted by Gasteiger charge is -2.27. The van der Waals surface area contributed by atoms with Crippen molar-refractivity contribution < 1.29 is 14.4 Å². The molecule has 1 fully saturated rings. The first kappa shape index (κ1) is 17.9. The summed E-state index contributed by atoms with van der Waals surface area (Å²) in [5.41, 5.74) is 6.19. The van der Waals surface area contributed by atoms with Gasteiger partial charge in [-0.1, -0.05) is 18.2 Å². The molecule has 24 heavy (non-hydrogen) atoms. The van der Waals surface area contributed by atoms with Crippen LogP contribution in [-0.4, -0.2) is 47.3 Å². The van der Waals surface area contributed by atoms with E-state index in [0.29, 0.717) is 18.7 Å². The van der Waals surface area contributed by atoms with Gasteiger partial charge in [-0.15, -0.1) is 0 Å². The number of nitrogens with two attached hydrogens (primary N) is 1. The van der Waals surface area contributed by atoms with Crippen molar-refractivity contribution in [2.75, 3.05) is 11.9 Å².